The average Bonchev–Trinajstić information content (AvgIpc) is 2.23. The highest BCUT2D eigenvalue weighted by Crippen LogP contribution is 2.00. The number of rotatable bonds is 8. The molecule has 2 atom stereocenters. The van der Waals surface area contributed by atoms with Gasteiger partial charge in [-0.3, -0.25) is 4.79 Å². The molecule has 0 aliphatic rings. The first-order valence-corrected chi connectivity index (χ1v) is 6.86. The Balaban J connectivity index is 3.52. The summed E-state index contributed by atoms with van der Waals surface area (Å²) in [5.41, 5.74) is 0. The predicted octanol–water partition coefficient (Wildman–Crippen LogP) is 1.63. The molecule has 0 aliphatic carbocycles. The Morgan fingerprint density at radius 3 is 2.47 bits per heavy atom. The standard InChI is InChI=1S/C11H24N2OS/c1-5-9(3)13-11(14)7-12-10(4)8-15-6-2/h9-10,12H,5-8H2,1-4H3,(H,13,14). The Morgan fingerprint density at radius 2 is 1.93 bits per heavy atom. The van der Waals surface area contributed by atoms with Crippen LogP contribution in [0.1, 0.15) is 34.1 Å². The van der Waals surface area contributed by atoms with Gasteiger partial charge in [-0.25, -0.2) is 0 Å². The number of carbonyl (C=O) groups excluding carboxylic acids is 1. The largest absolute Gasteiger partial charge is 0.353 e. The number of hydrogen-bond acceptors (Lipinski definition) is 3. The van der Waals surface area contributed by atoms with Gasteiger partial charge < -0.3 is 10.6 Å². The maximum absolute atomic E-state index is 11.4. The Hall–Kier alpha value is -0.220. The number of amides is 1. The molecular weight excluding hydrogens is 208 g/mol. The molecule has 0 aromatic carbocycles. The van der Waals surface area contributed by atoms with E-state index >= 15 is 0 Å². The molecule has 2 N–H and O–H groups in total. The summed E-state index contributed by atoms with van der Waals surface area (Å²) in [5, 5.41) is 6.15. The van der Waals surface area contributed by atoms with Gasteiger partial charge >= 0.3 is 0 Å². The first kappa shape index (κ1) is 14.8. The van der Waals surface area contributed by atoms with Crippen LogP contribution in [0, 0.1) is 0 Å². The maximum Gasteiger partial charge on any atom is 0.234 e. The third-order valence-electron chi connectivity index (χ3n) is 2.20. The first-order valence-electron chi connectivity index (χ1n) is 5.70. The fourth-order valence-electron chi connectivity index (χ4n) is 1.05. The second kappa shape index (κ2) is 9.04. The highest BCUT2D eigenvalue weighted by molar-refractivity contribution is 7.99. The van der Waals surface area contributed by atoms with Gasteiger partial charge in [-0.2, -0.15) is 11.8 Å². The van der Waals surface area contributed by atoms with Crippen molar-refractivity contribution < 1.29 is 4.79 Å². The zero-order chi connectivity index (χ0) is 11.7. The van der Waals surface area contributed by atoms with Gasteiger partial charge in [0.05, 0.1) is 6.54 Å². The van der Waals surface area contributed by atoms with E-state index in [2.05, 4.69) is 31.4 Å². The minimum Gasteiger partial charge on any atom is -0.353 e. The molecule has 0 aromatic heterocycles. The fourth-order valence-corrected chi connectivity index (χ4v) is 1.76. The molecule has 0 spiro atoms. The second-order valence-corrected chi connectivity index (χ2v) is 5.14. The monoisotopic (exact) mass is 232 g/mol. The molecule has 90 valence electrons. The molecular formula is C11H24N2OS. The summed E-state index contributed by atoms with van der Waals surface area (Å²) in [6, 6.07) is 0.678. The van der Waals surface area contributed by atoms with E-state index < -0.39 is 0 Å². The predicted molar refractivity (Wildman–Crippen MR) is 68.4 cm³/mol. The third kappa shape index (κ3) is 8.75. The van der Waals surface area contributed by atoms with E-state index in [-0.39, 0.29) is 11.9 Å². The van der Waals surface area contributed by atoms with Gasteiger partial charge in [0, 0.05) is 17.8 Å². The molecule has 15 heavy (non-hydrogen) atoms. The first-order chi connectivity index (χ1) is 7.10. The average molecular weight is 232 g/mol. The quantitative estimate of drug-likeness (QED) is 0.668. The summed E-state index contributed by atoms with van der Waals surface area (Å²) < 4.78 is 0. The number of nitrogens with one attached hydrogen (secondary N) is 2. The summed E-state index contributed by atoms with van der Waals surface area (Å²) in [6.45, 7) is 8.77. The molecule has 0 aliphatic heterocycles. The number of carbonyl (C=O) groups is 1. The van der Waals surface area contributed by atoms with Crippen molar-refractivity contribution in [3.63, 3.8) is 0 Å². The van der Waals surface area contributed by atoms with Crippen LogP contribution in [0.4, 0.5) is 0 Å². The summed E-state index contributed by atoms with van der Waals surface area (Å²) >= 11 is 1.89. The minimum absolute atomic E-state index is 0.0951. The van der Waals surface area contributed by atoms with E-state index in [1.807, 2.05) is 18.7 Å². The van der Waals surface area contributed by atoms with Gasteiger partial charge in [0.25, 0.3) is 0 Å². The normalized spacial score (nSPS) is 14.7. The van der Waals surface area contributed by atoms with Gasteiger partial charge in [-0.15, -0.1) is 0 Å². The van der Waals surface area contributed by atoms with Gasteiger partial charge in [0.1, 0.15) is 0 Å². The molecule has 0 bridgehead atoms. The Labute approximate surface area is 97.8 Å². The van der Waals surface area contributed by atoms with Crippen LogP contribution >= 0.6 is 11.8 Å². The van der Waals surface area contributed by atoms with Crippen LogP contribution in [0.3, 0.4) is 0 Å². The van der Waals surface area contributed by atoms with Crippen LogP contribution in [0.15, 0.2) is 0 Å². The zero-order valence-corrected chi connectivity index (χ0v) is 11.1. The Kier molecular flexibility index (Phi) is 8.91. The lowest BCUT2D eigenvalue weighted by Gasteiger charge is -2.15. The second-order valence-electron chi connectivity index (χ2n) is 3.82. The van der Waals surface area contributed by atoms with Crippen LogP contribution in [0.25, 0.3) is 0 Å². The summed E-state index contributed by atoms with van der Waals surface area (Å²) in [6.07, 6.45) is 0.979. The summed E-state index contributed by atoms with van der Waals surface area (Å²) in [7, 11) is 0. The van der Waals surface area contributed by atoms with E-state index in [0.29, 0.717) is 12.6 Å². The molecule has 0 saturated heterocycles. The van der Waals surface area contributed by atoms with Crippen LogP contribution in [0.5, 0.6) is 0 Å². The van der Waals surface area contributed by atoms with Crippen molar-refractivity contribution in [1.82, 2.24) is 10.6 Å². The van der Waals surface area contributed by atoms with Gasteiger partial charge in [0.2, 0.25) is 5.91 Å². The summed E-state index contributed by atoms with van der Waals surface area (Å²) in [5.74, 6) is 2.29. The molecule has 1 amide bonds. The summed E-state index contributed by atoms with van der Waals surface area (Å²) in [4.78, 5) is 11.4. The topological polar surface area (TPSA) is 41.1 Å². The SMILES string of the molecule is CCSCC(C)NCC(=O)NC(C)CC. The molecule has 4 heteroatoms. The van der Waals surface area contributed by atoms with Crippen molar-refractivity contribution in [2.45, 2.75) is 46.2 Å². The molecule has 0 rings (SSSR count). The van der Waals surface area contributed by atoms with Gasteiger partial charge in [-0.05, 0) is 26.0 Å². The lowest BCUT2D eigenvalue weighted by Crippen LogP contribution is -2.42. The smallest absolute Gasteiger partial charge is 0.234 e. The van der Waals surface area contributed by atoms with Crippen LogP contribution in [-0.4, -0.2) is 36.0 Å². The Morgan fingerprint density at radius 1 is 1.27 bits per heavy atom. The van der Waals surface area contributed by atoms with Crippen LogP contribution in [0.2, 0.25) is 0 Å². The van der Waals surface area contributed by atoms with Crippen LogP contribution in [-0.2, 0) is 4.79 Å². The van der Waals surface area contributed by atoms with E-state index in [1.165, 1.54) is 0 Å². The zero-order valence-electron chi connectivity index (χ0n) is 10.3. The molecule has 3 nitrogen and oxygen atoms in total. The lowest BCUT2D eigenvalue weighted by molar-refractivity contribution is -0.120. The maximum atomic E-state index is 11.4. The van der Waals surface area contributed by atoms with E-state index in [1.54, 1.807) is 0 Å². The van der Waals surface area contributed by atoms with Crippen molar-refractivity contribution in [3.8, 4) is 0 Å². The van der Waals surface area contributed by atoms with E-state index in [9.17, 15) is 4.79 Å². The van der Waals surface area contributed by atoms with Crippen LogP contribution < -0.4 is 10.6 Å². The van der Waals surface area contributed by atoms with Crippen molar-refractivity contribution in [2.24, 2.45) is 0 Å². The lowest BCUT2D eigenvalue weighted by atomic mass is 10.2. The minimum atomic E-state index is 0.0951. The van der Waals surface area contributed by atoms with E-state index in [4.69, 9.17) is 0 Å². The molecule has 2 unspecified atom stereocenters. The van der Waals surface area contributed by atoms with Crippen molar-refractivity contribution >= 4 is 17.7 Å². The molecule has 0 fully saturated rings. The van der Waals surface area contributed by atoms with Gasteiger partial charge in [0.15, 0.2) is 0 Å². The molecule has 0 saturated carbocycles. The highest BCUT2D eigenvalue weighted by atomic mass is 32.2. The van der Waals surface area contributed by atoms with Crippen molar-refractivity contribution in [2.75, 3.05) is 18.1 Å². The number of hydrogen-bond donors (Lipinski definition) is 2. The Bertz CT molecular complexity index is 176. The molecule has 0 aromatic rings. The van der Waals surface area contributed by atoms with Crippen molar-refractivity contribution in [1.29, 1.82) is 0 Å². The van der Waals surface area contributed by atoms with Gasteiger partial charge in [-0.1, -0.05) is 13.8 Å². The fraction of sp³-hybridized carbons (Fsp3) is 0.909. The highest BCUT2D eigenvalue weighted by Gasteiger charge is 2.07. The van der Waals surface area contributed by atoms with Crippen molar-refractivity contribution in [3.05, 3.63) is 0 Å². The number of thioether (sulfide) groups is 1. The third-order valence-corrected chi connectivity index (χ3v) is 3.35. The molecule has 0 radical (unpaired) electrons. The van der Waals surface area contributed by atoms with E-state index in [0.717, 1.165) is 17.9 Å². The molecule has 0 heterocycles.